The lowest BCUT2D eigenvalue weighted by atomic mass is 10.4. The predicted octanol–water partition coefficient (Wildman–Crippen LogP) is -0.380. The van der Waals surface area contributed by atoms with E-state index in [4.69, 9.17) is 10.3 Å². The van der Waals surface area contributed by atoms with E-state index in [2.05, 4.69) is 20.8 Å². The van der Waals surface area contributed by atoms with Gasteiger partial charge >= 0.3 is 0 Å². The third kappa shape index (κ3) is 3.85. The lowest BCUT2D eigenvalue weighted by molar-refractivity contribution is -0.115. The third-order valence-corrected chi connectivity index (χ3v) is 2.02. The smallest absolute Gasteiger partial charge is 0.266 e. The molecule has 90 valence electrons. The van der Waals surface area contributed by atoms with Crippen LogP contribution in [-0.2, 0) is 11.3 Å². The molecule has 0 atom stereocenters. The number of carbonyl (C=O) groups excluding carboxylic acids is 1. The fourth-order valence-electron chi connectivity index (χ4n) is 1.37. The van der Waals surface area contributed by atoms with E-state index in [0.29, 0.717) is 18.4 Å². The van der Waals surface area contributed by atoms with Gasteiger partial charge in [0, 0.05) is 20.0 Å². The maximum absolute atomic E-state index is 9.22. The van der Waals surface area contributed by atoms with E-state index in [-0.39, 0.29) is 5.91 Å². The van der Waals surface area contributed by atoms with Gasteiger partial charge in [-0.05, 0) is 18.0 Å². The fourth-order valence-corrected chi connectivity index (χ4v) is 1.37. The first-order valence-corrected chi connectivity index (χ1v) is 5.17. The molecule has 0 aliphatic carbocycles. The molecule has 0 spiro atoms. The molecule has 7 nitrogen and oxygen atoms in total. The number of nitrogens with zero attached hydrogens (tertiary/aromatic N) is 3. The van der Waals surface area contributed by atoms with Crippen molar-refractivity contribution in [1.82, 2.24) is 10.1 Å². The number of amides is 1. The summed E-state index contributed by atoms with van der Waals surface area (Å²) in [5.74, 6) is 0.866. The average molecular weight is 227 g/mol. The fraction of sp³-hybridized carbons (Fsp3) is 0.667. The van der Waals surface area contributed by atoms with E-state index in [1.165, 1.54) is 19.8 Å². The molecule has 2 rings (SSSR count). The minimum Gasteiger partial charge on any atom is -0.370 e. The molecule has 4 N–H and O–H groups in total. The largest absolute Gasteiger partial charge is 0.370 e. The molecule has 0 aromatic carbocycles. The first-order chi connectivity index (χ1) is 7.63. The van der Waals surface area contributed by atoms with Crippen LogP contribution >= 0.6 is 0 Å². The zero-order valence-electron chi connectivity index (χ0n) is 9.35. The van der Waals surface area contributed by atoms with Gasteiger partial charge in [-0.3, -0.25) is 4.79 Å². The molecule has 1 aliphatic rings. The molecule has 1 amide bonds. The second-order valence-corrected chi connectivity index (χ2v) is 3.50. The second kappa shape index (κ2) is 6.06. The first-order valence-electron chi connectivity index (χ1n) is 5.17. The summed E-state index contributed by atoms with van der Waals surface area (Å²) in [5, 5.41) is 3.83. The molecule has 16 heavy (non-hydrogen) atoms. The molecular weight excluding hydrogens is 210 g/mol. The van der Waals surface area contributed by atoms with Gasteiger partial charge in [0.05, 0.1) is 6.54 Å². The van der Waals surface area contributed by atoms with E-state index in [1.807, 2.05) is 0 Å². The predicted molar refractivity (Wildman–Crippen MR) is 58.5 cm³/mol. The molecule has 0 unspecified atom stereocenters. The van der Waals surface area contributed by atoms with E-state index in [0.717, 1.165) is 13.1 Å². The second-order valence-electron chi connectivity index (χ2n) is 3.50. The van der Waals surface area contributed by atoms with E-state index < -0.39 is 0 Å². The van der Waals surface area contributed by atoms with Crippen molar-refractivity contribution in [1.29, 1.82) is 0 Å². The summed E-state index contributed by atoms with van der Waals surface area (Å²) in [5.41, 5.74) is 9.82. The van der Waals surface area contributed by atoms with Crippen LogP contribution in [0.2, 0.25) is 0 Å². The molecular formula is C9H17N5O2. The first kappa shape index (κ1) is 12.4. The van der Waals surface area contributed by atoms with Crippen LogP contribution in [0.25, 0.3) is 0 Å². The highest BCUT2D eigenvalue weighted by Gasteiger charge is 2.17. The summed E-state index contributed by atoms with van der Waals surface area (Å²) >= 11 is 0. The van der Waals surface area contributed by atoms with Crippen LogP contribution in [0.5, 0.6) is 0 Å². The maximum atomic E-state index is 9.22. The third-order valence-electron chi connectivity index (χ3n) is 2.02. The topological polar surface area (TPSA) is 111 Å². The number of primary amides is 1. The Kier molecular flexibility index (Phi) is 4.71. The van der Waals surface area contributed by atoms with Crippen LogP contribution in [0.15, 0.2) is 4.52 Å². The van der Waals surface area contributed by atoms with E-state index in [9.17, 15) is 4.79 Å². The minimum atomic E-state index is -0.333. The summed E-state index contributed by atoms with van der Waals surface area (Å²) in [4.78, 5) is 15.5. The zero-order chi connectivity index (χ0) is 12.0. The number of rotatable bonds is 2. The Bertz CT molecular complexity index is 328. The molecule has 1 aromatic heterocycles. The van der Waals surface area contributed by atoms with Gasteiger partial charge in [0.1, 0.15) is 0 Å². The van der Waals surface area contributed by atoms with Gasteiger partial charge in [0.15, 0.2) is 0 Å². The molecule has 1 fully saturated rings. The SMILES string of the molecule is CC(N)=O.NCc1nc(N2CCCC2)no1. The van der Waals surface area contributed by atoms with Crippen molar-refractivity contribution in [2.45, 2.75) is 26.3 Å². The molecule has 0 saturated carbocycles. The standard InChI is InChI=1S/C7H12N4O.C2H5NO/c8-5-6-9-7(10-12-6)11-3-1-2-4-11;1-2(3)4/h1-5,8H2;1H3,(H2,3,4). The van der Waals surface area contributed by atoms with Crippen molar-refractivity contribution in [3.63, 3.8) is 0 Å². The number of anilines is 1. The maximum Gasteiger partial charge on any atom is 0.266 e. The average Bonchev–Trinajstić information content (AvgIpc) is 2.87. The lowest BCUT2D eigenvalue weighted by Crippen LogP contribution is -2.18. The number of carbonyl (C=O) groups is 1. The van der Waals surface area contributed by atoms with Gasteiger partial charge in [-0.1, -0.05) is 0 Å². The summed E-state index contributed by atoms with van der Waals surface area (Å²) < 4.78 is 4.90. The Morgan fingerprint density at radius 1 is 1.50 bits per heavy atom. The van der Waals surface area contributed by atoms with Gasteiger partial charge in [0.25, 0.3) is 5.95 Å². The summed E-state index contributed by atoms with van der Waals surface area (Å²) in [6, 6.07) is 0. The Balaban J connectivity index is 0.000000280. The van der Waals surface area contributed by atoms with Gasteiger partial charge in [-0.15, -0.1) is 0 Å². The molecule has 7 heteroatoms. The summed E-state index contributed by atoms with van der Waals surface area (Å²) in [6.07, 6.45) is 2.43. The van der Waals surface area contributed by atoms with Gasteiger partial charge in [-0.25, -0.2) is 0 Å². The van der Waals surface area contributed by atoms with Crippen molar-refractivity contribution in [2.24, 2.45) is 11.5 Å². The van der Waals surface area contributed by atoms with Crippen LogP contribution in [0.4, 0.5) is 5.95 Å². The Morgan fingerprint density at radius 2 is 2.06 bits per heavy atom. The monoisotopic (exact) mass is 227 g/mol. The van der Waals surface area contributed by atoms with Gasteiger partial charge in [0.2, 0.25) is 11.8 Å². The highest BCUT2D eigenvalue weighted by atomic mass is 16.5. The molecule has 2 heterocycles. The molecule has 0 bridgehead atoms. The normalized spacial score (nSPS) is 14.5. The summed E-state index contributed by atoms with van der Waals surface area (Å²) in [7, 11) is 0. The number of hydrogen-bond donors (Lipinski definition) is 2. The number of nitrogens with two attached hydrogens (primary N) is 2. The highest BCUT2D eigenvalue weighted by Crippen LogP contribution is 2.15. The number of aromatic nitrogens is 2. The molecule has 1 aliphatic heterocycles. The summed E-state index contributed by atoms with van der Waals surface area (Å²) in [6.45, 7) is 3.69. The molecule has 1 saturated heterocycles. The highest BCUT2D eigenvalue weighted by molar-refractivity contribution is 5.70. The van der Waals surface area contributed by atoms with Crippen molar-refractivity contribution in [3.05, 3.63) is 5.89 Å². The van der Waals surface area contributed by atoms with Crippen molar-refractivity contribution < 1.29 is 9.32 Å². The van der Waals surface area contributed by atoms with Gasteiger partial charge < -0.3 is 20.9 Å². The van der Waals surface area contributed by atoms with E-state index >= 15 is 0 Å². The van der Waals surface area contributed by atoms with Crippen LogP contribution in [0.3, 0.4) is 0 Å². The number of hydrogen-bond acceptors (Lipinski definition) is 6. The van der Waals surface area contributed by atoms with Crippen molar-refractivity contribution in [2.75, 3.05) is 18.0 Å². The van der Waals surface area contributed by atoms with Crippen LogP contribution < -0.4 is 16.4 Å². The van der Waals surface area contributed by atoms with Crippen molar-refractivity contribution >= 4 is 11.9 Å². The van der Waals surface area contributed by atoms with Crippen LogP contribution in [0.1, 0.15) is 25.7 Å². The van der Waals surface area contributed by atoms with Gasteiger partial charge in [-0.2, -0.15) is 4.98 Å². The Morgan fingerprint density at radius 3 is 2.50 bits per heavy atom. The lowest BCUT2D eigenvalue weighted by Gasteiger charge is -2.09. The molecule has 1 aromatic rings. The quantitative estimate of drug-likeness (QED) is 0.712. The Hall–Kier alpha value is -1.63. The van der Waals surface area contributed by atoms with Crippen LogP contribution in [-0.4, -0.2) is 29.1 Å². The zero-order valence-corrected chi connectivity index (χ0v) is 9.35. The minimum absolute atomic E-state index is 0.320. The Labute approximate surface area is 93.8 Å². The van der Waals surface area contributed by atoms with E-state index in [1.54, 1.807) is 0 Å². The van der Waals surface area contributed by atoms with Crippen LogP contribution in [0, 0.1) is 0 Å². The molecule has 0 radical (unpaired) electrons. The van der Waals surface area contributed by atoms with Crippen molar-refractivity contribution in [3.8, 4) is 0 Å².